The molecule has 1 unspecified atom stereocenters. The van der Waals surface area contributed by atoms with E-state index in [2.05, 4.69) is 4.74 Å². The Morgan fingerprint density at radius 2 is 2.27 bits per heavy atom. The number of aliphatic hydroxyl groups is 3. The second-order valence-corrected chi connectivity index (χ2v) is 2.78. The number of halogens is 1. The minimum Gasteiger partial charge on any atom is -0.391 e. The molecule has 0 saturated carbocycles. The average molecular weight is 166 g/mol. The highest BCUT2D eigenvalue weighted by Gasteiger charge is 2.50. The number of aliphatic hydroxyl groups excluding tert-OH is 2. The van der Waals surface area contributed by atoms with Crippen molar-refractivity contribution < 1.29 is 24.4 Å². The summed E-state index contributed by atoms with van der Waals surface area (Å²) in [5.74, 6) is -2.72. The SMILES string of the molecule is CC(O)[C@@H]1OC[C@@](O)(F)[C@H]1O. The van der Waals surface area contributed by atoms with E-state index < -0.39 is 30.8 Å². The van der Waals surface area contributed by atoms with Gasteiger partial charge in [-0.1, -0.05) is 0 Å². The van der Waals surface area contributed by atoms with Crippen LogP contribution in [0.5, 0.6) is 0 Å². The fraction of sp³-hybridized carbons (Fsp3) is 1.00. The zero-order valence-corrected chi connectivity index (χ0v) is 6.07. The molecule has 0 aliphatic carbocycles. The van der Waals surface area contributed by atoms with Crippen molar-refractivity contribution in [2.24, 2.45) is 0 Å². The summed E-state index contributed by atoms with van der Waals surface area (Å²) in [6.07, 6.45) is -3.69. The van der Waals surface area contributed by atoms with Gasteiger partial charge in [0.2, 0.25) is 0 Å². The monoisotopic (exact) mass is 166 g/mol. The predicted octanol–water partition coefficient (Wildman–Crippen LogP) is -1.21. The lowest BCUT2D eigenvalue weighted by atomic mass is 10.1. The molecule has 1 aliphatic rings. The molecule has 0 aromatic carbocycles. The van der Waals surface area contributed by atoms with E-state index in [0.29, 0.717) is 0 Å². The molecule has 3 N–H and O–H groups in total. The maximum Gasteiger partial charge on any atom is 0.259 e. The first-order valence-electron chi connectivity index (χ1n) is 3.34. The molecule has 4 atom stereocenters. The Kier molecular flexibility index (Phi) is 2.15. The largest absolute Gasteiger partial charge is 0.391 e. The van der Waals surface area contributed by atoms with Crippen LogP contribution in [0.2, 0.25) is 0 Å². The molecular weight excluding hydrogens is 155 g/mol. The molecule has 0 bridgehead atoms. The smallest absolute Gasteiger partial charge is 0.259 e. The van der Waals surface area contributed by atoms with Crippen LogP contribution >= 0.6 is 0 Å². The second kappa shape index (κ2) is 2.67. The Morgan fingerprint density at radius 3 is 2.45 bits per heavy atom. The van der Waals surface area contributed by atoms with Crippen LogP contribution in [-0.2, 0) is 4.74 Å². The molecule has 0 aromatic heterocycles. The third-order valence-corrected chi connectivity index (χ3v) is 1.72. The van der Waals surface area contributed by atoms with Gasteiger partial charge >= 0.3 is 0 Å². The van der Waals surface area contributed by atoms with E-state index in [0.717, 1.165) is 0 Å². The first-order chi connectivity index (χ1) is 4.95. The summed E-state index contributed by atoms with van der Waals surface area (Å²) in [6, 6.07) is 0. The van der Waals surface area contributed by atoms with Crippen LogP contribution < -0.4 is 0 Å². The molecule has 1 saturated heterocycles. The molecule has 1 aliphatic heterocycles. The van der Waals surface area contributed by atoms with E-state index in [-0.39, 0.29) is 0 Å². The van der Waals surface area contributed by atoms with Crippen molar-refractivity contribution in [3.8, 4) is 0 Å². The third-order valence-electron chi connectivity index (χ3n) is 1.72. The van der Waals surface area contributed by atoms with E-state index >= 15 is 0 Å². The van der Waals surface area contributed by atoms with E-state index in [1.165, 1.54) is 6.92 Å². The molecule has 0 radical (unpaired) electrons. The van der Waals surface area contributed by atoms with Crippen molar-refractivity contribution in [2.45, 2.75) is 31.1 Å². The zero-order valence-electron chi connectivity index (χ0n) is 6.07. The van der Waals surface area contributed by atoms with Gasteiger partial charge in [-0.25, -0.2) is 4.39 Å². The van der Waals surface area contributed by atoms with Crippen LogP contribution in [0.4, 0.5) is 4.39 Å². The van der Waals surface area contributed by atoms with Crippen molar-refractivity contribution in [2.75, 3.05) is 6.61 Å². The van der Waals surface area contributed by atoms with Crippen LogP contribution in [0.15, 0.2) is 0 Å². The van der Waals surface area contributed by atoms with Gasteiger partial charge in [0.05, 0.1) is 6.10 Å². The quantitative estimate of drug-likeness (QED) is 0.457. The lowest BCUT2D eigenvalue weighted by Gasteiger charge is -2.19. The molecule has 0 spiro atoms. The first-order valence-corrected chi connectivity index (χ1v) is 3.34. The highest BCUT2D eigenvalue weighted by atomic mass is 19.2. The molecule has 11 heavy (non-hydrogen) atoms. The van der Waals surface area contributed by atoms with E-state index in [1.807, 2.05) is 0 Å². The zero-order chi connectivity index (χ0) is 8.65. The van der Waals surface area contributed by atoms with Gasteiger partial charge in [0.15, 0.2) is 0 Å². The molecule has 5 heteroatoms. The van der Waals surface area contributed by atoms with Crippen molar-refractivity contribution in [1.82, 2.24) is 0 Å². The first kappa shape index (κ1) is 8.86. The van der Waals surface area contributed by atoms with Crippen LogP contribution in [0.1, 0.15) is 6.92 Å². The molecule has 66 valence electrons. The maximum atomic E-state index is 12.7. The Bertz CT molecular complexity index is 148. The van der Waals surface area contributed by atoms with Gasteiger partial charge in [-0.05, 0) is 6.92 Å². The molecule has 1 heterocycles. The summed E-state index contributed by atoms with van der Waals surface area (Å²) >= 11 is 0. The molecule has 1 fully saturated rings. The van der Waals surface area contributed by atoms with Gasteiger partial charge in [-0.2, -0.15) is 0 Å². The summed E-state index contributed by atoms with van der Waals surface area (Å²) < 4.78 is 17.3. The Morgan fingerprint density at radius 1 is 1.73 bits per heavy atom. The minimum absolute atomic E-state index is 0.594. The van der Waals surface area contributed by atoms with E-state index in [9.17, 15) is 4.39 Å². The Hall–Kier alpha value is -0.230. The molecule has 0 amide bonds. The highest BCUT2D eigenvalue weighted by Crippen LogP contribution is 2.27. The van der Waals surface area contributed by atoms with Crippen molar-refractivity contribution in [1.29, 1.82) is 0 Å². The maximum absolute atomic E-state index is 12.7. The molecule has 1 rings (SSSR count). The van der Waals surface area contributed by atoms with Crippen LogP contribution in [-0.4, -0.2) is 46.1 Å². The summed E-state index contributed by atoms with van der Waals surface area (Å²) in [4.78, 5) is 0. The third kappa shape index (κ3) is 1.51. The summed E-state index contributed by atoms with van der Waals surface area (Å²) in [7, 11) is 0. The van der Waals surface area contributed by atoms with Crippen LogP contribution in [0.25, 0.3) is 0 Å². The molecular formula is C6H11FO4. The lowest BCUT2D eigenvalue weighted by Crippen LogP contribution is -2.43. The highest BCUT2D eigenvalue weighted by molar-refractivity contribution is 4.91. The summed E-state index contributed by atoms with van der Waals surface area (Å²) in [5.41, 5.74) is 0. The van der Waals surface area contributed by atoms with Gasteiger partial charge in [0.25, 0.3) is 5.85 Å². The number of rotatable bonds is 1. The Balaban J connectivity index is 2.63. The number of ether oxygens (including phenoxy) is 1. The number of hydrogen-bond donors (Lipinski definition) is 3. The average Bonchev–Trinajstić information content (AvgIpc) is 2.09. The fourth-order valence-electron chi connectivity index (χ4n) is 1.04. The van der Waals surface area contributed by atoms with Crippen molar-refractivity contribution in [3.05, 3.63) is 0 Å². The summed E-state index contributed by atoms with van der Waals surface area (Å²) in [5, 5.41) is 26.6. The van der Waals surface area contributed by atoms with Gasteiger partial charge in [0.1, 0.15) is 18.8 Å². The van der Waals surface area contributed by atoms with Gasteiger partial charge in [0, 0.05) is 0 Å². The van der Waals surface area contributed by atoms with E-state index in [4.69, 9.17) is 15.3 Å². The van der Waals surface area contributed by atoms with Crippen LogP contribution in [0, 0.1) is 0 Å². The Labute approximate surface area is 63.2 Å². The standard InChI is InChI=1S/C6H11FO4/c1-3(8)4-5(9)6(7,10)2-11-4/h3-5,8-10H,2H2,1H3/t3?,4-,5-,6-/m0/s1. The number of hydrogen-bond acceptors (Lipinski definition) is 4. The van der Waals surface area contributed by atoms with Gasteiger partial charge in [-0.15, -0.1) is 0 Å². The molecule has 4 nitrogen and oxygen atoms in total. The topological polar surface area (TPSA) is 69.9 Å². The second-order valence-electron chi connectivity index (χ2n) is 2.78. The normalized spacial score (nSPS) is 47.7. The van der Waals surface area contributed by atoms with Crippen molar-refractivity contribution >= 4 is 0 Å². The van der Waals surface area contributed by atoms with E-state index in [1.54, 1.807) is 0 Å². The predicted molar refractivity (Wildman–Crippen MR) is 33.5 cm³/mol. The van der Waals surface area contributed by atoms with Gasteiger partial charge in [-0.3, -0.25) is 0 Å². The molecule has 0 aromatic rings. The fourth-order valence-corrected chi connectivity index (χ4v) is 1.04. The van der Waals surface area contributed by atoms with Gasteiger partial charge < -0.3 is 20.1 Å². The minimum atomic E-state index is -2.72. The lowest BCUT2D eigenvalue weighted by molar-refractivity contribution is -0.149. The number of alkyl halides is 1. The summed E-state index contributed by atoms with van der Waals surface area (Å²) in [6.45, 7) is 0.763. The van der Waals surface area contributed by atoms with Crippen LogP contribution in [0.3, 0.4) is 0 Å². The van der Waals surface area contributed by atoms with Crippen molar-refractivity contribution in [3.63, 3.8) is 0 Å².